The van der Waals surface area contributed by atoms with Crippen LogP contribution in [0.15, 0.2) is 24.4 Å². The SMILES string of the molecule is Cc1ccc([C@@H](C)Nc2nccc(C#N)c2[N+](=O)[O-])s1. The number of hydrogen-bond acceptors (Lipinski definition) is 6. The predicted molar refractivity (Wildman–Crippen MR) is 76.7 cm³/mol. The van der Waals surface area contributed by atoms with Crippen LogP contribution in [0.1, 0.15) is 28.3 Å². The maximum Gasteiger partial charge on any atom is 0.328 e. The third-order valence-corrected chi connectivity index (χ3v) is 3.95. The van der Waals surface area contributed by atoms with Crippen LogP contribution in [0.2, 0.25) is 0 Å². The zero-order valence-electron chi connectivity index (χ0n) is 11.0. The number of thiophene rings is 1. The molecule has 0 aliphatic heterocycles. The van der Waals surface area contributed by atoms with Crippen LogP contribution in [0.5, 0.6) is 0 Å². The second kappa shape index (κ2) is 5.67. The number of rotatable bonds is 4. The molecule has 0 saturated heterocycles. The van der Waals surface area contributed by atoms with E-state index in [4.69, 9.17) is 5.26 Å². The van der Waals surface area contributed by atoms with Crippen LogP contribution >= 0.6 is 11.3 Å². The van der Waals surface area contributed by atoms with Crippen molar-refractivity contribution in [3.05, 3.63) is 49.8 Å². The van der Waals surface area contributed by atoms with Crippen molar-refractivity contribution in [3.8, 4) is 6.07 Å². The topological polar surface area (TPSA) is 91.8 Å². The first-order valence-electron chi connectivity index (χ1n) is 5.89. The van der Waals surface area contributed by atoms with Crippen LogP contribution in [0, 0.1) is 28.4 Å². The van der Waals surface area contributed by atoms with Crippen molar-refractivity contribution in [1.82, 2.24) is 4.98 Å². The van der Waals surface area contributed by atoms with Gasteiger partial charge in [-0.15, -0.1) is 11.3 Å². The summed E-state index contributed by atoms with van der Waals surface area (Å²) >= 11 is 1.61. The van der Waals surface area contributed by atoms with E-state index in [9.17, 15) is 10.1 Å². The molecule has 0 aromatic carbocycles. The first-order valence-corrected chi connectivity index (χ1v) is 6.71. The molecule has 0 aliphatic rings. The van der Waals surface area contributed by atoms with E-state index in [1.807, 2.05) is 32.0 Å². The molecule has 0 bridgehead atoms. The van der Waals surface area contributed by atoms with Crippen molar-refractivity contribution in [3.63, 3.8) is 0 Å². The molecule has 6 nitrogen and oxygen atoms in total. The minimum Gasteiger partial charge on any atom is -0.357 e. The van der Waals surface area contributed by atoms with Gasteiger partial charge >= 0.3 is 5.69 Å². The van der Waals surface area contributed by atoms with Crippen molar-refractivity contribution >= 4 is 22.8 Å². The Bertz CT molecular complexity index is 690. The zero-order chi connectivity index (χ0) is 14.7. The molecule has 2 rings (SSSR count). The van der Waals surface area contributed by atoms with Crippen LogP contribution in [0.3, 0.4) is 0 Å². The van der Waals surface area contributed by atoms with Gasteiger partial charge < -0.3 is 5.32 Å². The van der Waals surface area contributed by atoms with E-state index in [2.05, 4.69) is 10.3 Å². The number of nitro groups is 1. The number of hydrogen-bond donors (Lipinski definition) is 1. The number of nitriles is 1. The Morgan fingerprint density at radius 3 is 2.80 bits per heavy atom. The zero-order valence-corrected chi connectivity index (χ0v) is 11.8. The first-order chi connectivity index (χ1) is 9.52. The highest BCUT2D eigenvalue weighted by atomic mass is 32.1. The van der Waals surface area contributed by atoms with Gasteiger partial charge in [-0.1, -0.05) is 0 Å². The van der Waals surface area contributed by atoms with Gasteiger partial charge in [0.2, 0.25) is 5.82 Å². The number of nitrogens with zero attached hydrogens (tertiary/aromatic N) is 3. The molecule has 102 valence electrons. The summed E-state index contributed by atoms with van der Waals surface area (Å²) in [6.07, 6.45) is 1.39. The maximum atomic E-state index is 11.1. The first kappa shape index (κ1) is 14.0. The highest BCUT2D eigenvalue weighted by molar-refractivity contribution is 7.12. The average Bonchev–Trinajstić information content (AvgIpc) is 2.84. The summed E-state index contributed by atoms with van der Waals surface area (Å²) in [4.78, 5) is 16.7. The molecule has 7 heteroatoms. The normalized spacial score (nSPS) is 11.7. The van der Waals surface area contributed by atoms with Gasteiger partial charge in [-0.3, -0.25) is 10.1 Å². The minimum absolute atomic E-state index is 0.00191. The van der Waals surface area contributed by atoms with Crippen molar-refractivity contribution < 1.29 is 4.92 Å². The summed E-state index contributed by atoms with van der Waals surface area (Å²) in [6, 6.07) is 7.00. The van der Waals surface area contributed by atoms with Gasteiger partial charge in [0.15, 0.2) is 0 Å². The molecule has 0 saturated carbocycles. The largest absolute Gasteiger partial charge is 0.357 e. The quantitative estimate of drug-likeness (QED) is 0.687. The Morgan fingerprint density at radius 1 is 1.50 bits per heavy atom. The fraction of sp³-hybridized carbons (Fsp3) is 0.231. The molecule has 0 radical (unpaired) electrons. The summed E-state index contributed by atoms with van der Waals surface area (Å²) in [5.41, 5.74) is -0.280. The molecule has 20 heavy (non-hydrogen) atoms. The van der Waals surface area contributed by atoms with Gasteiger partial charge in [-0.2, -0.15) is 5.26 Å². The molecule has 0 spiro atoms. The van der Waals surface area contributed by atoms with Crippen molar-refractivity contribution in [2.24, 2.45) is 0 Å². The van der Waals surface area contributed by atoms with Crippen LogP contribution in [-0.2, 0) is 0 Å². The Balaban J connectivity index is 2.34. The molecule has 1 atom stereocenters. The molecule has 1 N–H and O–H groups in total. The van der Waals surface area contributed by atoms with E-state index in [0.29, 0.717) is 0 Å². The van der Waals surface area contributed by atoms with Crippen LogP contribution in [0.4, 0.5) is 11.5 Å². The maximum absolute atomic E-state index is 11.1. The number of anilines is 1. The number of aromatic nitrogens is 1. The van der Waals surface area contributed by atoms with E-state index >= 15 is 0 Å². The lowest BCUT2D eigenvalue weighted by Crippen LogP contribution is -2.09. The highest BCUT2D eigenvalue weighted by Gasteiger charge is 2.22. The second-order valence-corrected chi connectivity index (χ2v) is 5.56. The molecule has 0 unspecified atom stereocenters. The van der Waals surface area contributed by atoms with Crippen molar-refractivity contribution in [1.29, 1.82) is 5.26 Å². The second-order valence-electron chi connectivity index (χ2n) is 4.24. The van der Waals surface area contributed by atoms with E-state index in [1.54, 1.807) is 11.3 Å². The molecule has 2 aromatic heterocycles. The average molecular weight is 288 g/mol. The van der Waals surface area contributed by atoms with Gasteiger partial charge in [0.25, 0.3) is 0 Å². The van der Waals surface area contributed by atoms with E-state index in [1.165, 1.54) is 17.1 Å². The van der Waals surface area contributed by atoms with Crippen LogP contribution < -0.4 is 5.32 Å². The lowest BCUT2D eigenvalue weighted by Gasteiger charge is -2.13. The lowest BCUT2D eigenvalue weighted by atomic mass is 10.2. The van der Waals surface area contributed by atoms with Crippen LogP contribution in [0.25, 0.3) is 0 Å². The molecule has 0 amide bonds. The van der Waals surface area contributed by atoms with E-state index < -0.39 is 4.92 Å². The van der Waals surface area contributed by atoms with Gasteiger partial charge in [-0.05, 0) is 32.0 Å². The van der Waals surface area contributed by atoms with Gasteiger partial charge in [0, 0.05) is 16.0 Å². The fourth-order valence-corrected chi connectivity index (χ4v) is 2.68. The molecule has 0 aliphatic carbocycles. The smallest absolute Gasteiger partial charge is 0.328 e. The fourth-order valence-electron chi connectivity index (χ4n) is 1.80. The Kier molecular flexibility index (Phi) is 3.96. The molecular formula is C13H12N4O2S. The Labute approximate surface area is 119 Å². The summed E-state index contributed by atoms with van der Waals surface area (Å²) in [6.45, 7) is 3.90. The van der Waals surface area contributed by atoms with Crippen molar-refractivity contribution in [2.75, 3.05) is 5.32 Å². The summed E-state index contributed by atoms with van der Waals surface area (Å²) in [5, 5.41) is 23.0. The third-order valence-electron chi connectivity index (χ3n) is 2.77. The molecule has 2 aromatic rings. The van der Waals surface area contributed by atoms with E-state index in [-0.39, 0.29) is 23.1 Å². The monoisotopic (exact) mass is 288 g/mol. The third kappa shape index (κ3) is 2.75. The lowest BCUT2D eigenvalue weighted by molar-refractivity contribution is -0.384. The number of aryl methyl sites for hydroxylation is 1. The van der Waals surface area contributed by atoms with Crippen LogP contribution in [-0.4, -0.2) is 9.91 Å². The molecule has 0 fully saturated rings. The Hall–Kier alpha value is -2.46. The number of pyridine rings is 1. The van der Waals surface area contributed by atoms with Gasteiger partial charge in [0.05, 0.1) is 11.0 Å². The summed E-state index contributed by atoms with van der Waals surface area (Å²) < 4.78 is 0. The summed E-state index contributed by atoms with van der Waals surface area (Å²) in [5.74, 6) is 0.118. The Morgan fingerprint density at radius 2 is 2.25 bits per heavy atom. The highest BCUT2D eigenvalue weighted by Crippen LogP contribution is 2.30. The molecule has 2 heterocycles. The molecular weight excluding hydrogens is 276 g/mol. The predicted octanol–water partition coefficient (Wildman–Crippen LogP) is 3.40. The summed E-state index contributed by atoms with van der Waals surface area (Å²) in [7, 11) is 0. The van der Waals surface area contributed by atoms with Gasteiger partial charge in [-0.25, -0.2) is 4.98 Å². The van der Waals surface area contributed by atoms with Gasteiger partial charge in [0.1, 0.15) is 11.6 Å². The number of nitrogens with one attached hydrogen (secondary N) is 1. The van der Waals surface area contributed by atoms with Crippen molar-refractivity contribution in [2.45, 2.75) is 19.9 Å². The minimum atomic E-state index is -0.583. The van der Waals surface area contributed by atoms with E-state index in [0.717, 1.165) is 4.88 Å². The standard InChI is InChI=1S/C13H12N4O2S/c1-8-3-4-11(20-8)9(2)16-13-12(17(18)19)10(7-14)5-6-15-13/h3-6,9H,1-2H3,(H,15,16)/t9-/m1/s1.